The van der Waals surface area contributed by atoms with E-state index in [1.165, 1.54) is 18.9 Å². The molecule has 1 aromatic carbocycles. The molecule has 0 bridgehead atoms. The van der Waals surface area contributed by atoms with E-state index in [9.17, 15) is 9.90 Å². The number of likely N-dealkylation sites (tertiary alicyclic amines) is 1. The lowest BCUT2D eigenvalue weighted by molar-refractivity contribution is 0.175. The molecule has 1 aliphatic rings. The van der Waals surface area contributed by atoms with Gasteiger partial charge in [0.2, 0.25) is 0 Å². The van der Waals surface area contributed by atoms with Gasteiger partial charge in [-0.1, -0.05) is 6.92 Å². The Labute approximate surface area is 124 Å². The van der Waals surface area contributed by atoms with E-state index in [2.05, 4.69) is 11.8 Å². The number of phenols is 1. The molecule has 0 unspecified atom stereocenters. The molecule has 1 N–H and O–H groups in total. The van der Waals surface area contributed by atoms with E-state index >= 15 is 0 Å². The van der Waals surface area contributed by atoms with Gasteiger partial charge < -0.3 is 9.52 Å². The number of rotatable bonds is 2. The Kier molecular flexibility index (Phi) is 3.72. The third kappa shape index (κ3) is 2.81. The molecule has 0 amide bonds. The normalized spacial score (nSPS) is 20.0. The first kappa shape index (κ1) is 14.1. The number of phenolic OH excluding ortho intramolecular Hbond substituents is 1. The van der Waals surface area contributed by atoms with E-state index in [1.54, 1.807) is 6.07 Å². The molecule has 4 nitrogen and oxygen atoms in total. The van der Waals surface area contributed by atoms with Crippen molar-refractivity contribution in [1.82, 2.24) is 4.90 Å². The second-order valence-corrected chi connectivity index (χ2v) is 6.17. The average Bonchev–Trinajstić information content (AvgIpc) is 2.42. The topological polar surface area (TPSA) is 53.7 Å². The molecule has 2 aromatic rings. The standard InChI is InChI=1S/C17H21NO3/c1-11-4-3-7-18(9-11)10-14-15(19)6-5-13-12(2)8-16(20)21-17(13)14/h5-6,8,11,19H,3-4,7,9-10H2,1-2H3/t11-/m1/s1. The van der Waals surface area contributed by atoms with Crippen molar-refractivity contribution in [3.05, 3.63) is 39.7 Å². The summed E-state index contributed by atoms with van der Waals surface area (Å²) in [6, 6.07) is 5.00. The third-order valence-electron chi connectivity index (χ3n) is 4.32. The van der Waals surface area contributed by atoms with Crippen LogP contribution in [0.4, 0.5) is 0 Å². The van der Waals surface area contributed by atoms with Crippen molar-refractivity contribution >= 4 is 11.0 Å². The van der Waals surface area contributed by atoms with Crippen LogP contribution in [0.1, 0.15) is 30.9 Å². The lowest BCUT2D eigenvalue weighted by atomic mass is 9.99. The maximum atomic E-state index is 11.7. The van der Waals surface area contributed by atoms with Crippen LogP contribution in [0.2, 0.25) is 0 Å². The molecule has 1 fully saturated rings. The van der Waals surface area contributed by atoms with Crippen molar-refractivity contribution in [2.24, 2.45) is 5.92 Å². The molecule has 3 rings (SSSR count). The van der Waals surface area contributed by atoms with Crippen LogP contribution in [0.25, 0.3) is 11.0 Å². The van der Waals surface area contributed by atoms with Crippen molar-refractivity contribution in [3.63, 3.8) is 0 Å². The van der Waals surface area contributed by atoms with Gasteiger partial charge in [0, 0.05) is 24.5 Å². The minimum absolute atomic E-state index is 0.203. The van der Waals surface area contributed by atoms with Crippen LogP contribution in [0.3, 0.4) is 0 Å². The maximum Gasteiger partial charge on any atom is 0.336 e. The largest absolute Gasteiger partial charge is 0.507 e. The zero-order chi connectivity index (χ0) is 15.0. The van der Waals surface area contributed by atoms with E-state index in [0.29, 0.717) is 18.0 Å². The monoisotopic (exact) mass is 287 g/mol. The zero-order valence-corrected chi connectivity index (χ0v) is 12.6. The Morgan fingerprint density at radius 1 is 1.43 bits per heavy atom. The van der Waals surface area contributed by atoms with Crippen LogP contribution in [0.15, 0.2) is 27.4 Å². The number of piperidine rings is 1. The van der Waals surface area contributed by atoms with Gasteiger partial charge in [0.05, 0.1) is 5.56 Å². The van der Waals surface area contributed by atoms with E-state index in [-0.39, 0.29) is 11.4 Å². The van der Waals surface area contributed by atoms with Gasteiger partial charge in [-0.3, -0.25) is 4.90 Å². The molecule has 21 heavy (non-hydrogen) atoms. The smallest absolute Gasteiger partial charge is 0.336 e. The Balaban J connectivity index is 2.04. The highest BCUT2D eigenvalue weighted by atomic mass is 16.4. The fraction of sp³-hybridized carbons (Fsp3) is 0.471. The second kappa shape index (κ2) is 5.53. The Hall–Kier alpha value is -1.81. The zero-order valence-electron chi connectivity index (χ0n) is 12.6. The summed E-state index contributed by atoms with van der Waals surface area (Å²) in [7, 11) is 0. The molecule has 1 aliphatic heterocycles. The Bertz CT molecular complexity index is 720. The van der Waals surface area contributed by atoms with Crippen LogP contribution < -0.4 is 5.63 Å². The van der Waals surface area contributed by atoms with Crippen LogP contribution in [0, 0.1) is 12.8 Å². The molecule has 1 saturated heterocycles. The first-order valence-electron chi connectivity index (χ1n) is 7.52. The molecule has 1 atom stereocenters. The summed E-state index contributed by atoms with van der Waals surface area (Å²) in [5, 5.41) is 11.1. The summed E-state index contributed by atoms with van der Waals surface area (Å²) in [4.78, 5) is 14.0. The van der Waals surface area contributed by atoms with Gasteiger partial charge in [-0.15, -0.1) is 0 Å². The van der Waals surface area contributed by atoms with Gasteiger partial charge in [-0.2, -0.15) is 0 Å². The molecular weight excluding hydrogens is 266 g/mol. The number of aryl methyl sites for hydroxylation is 1. The highest BCUT2D eigenvalue weighted by Gasteiger charge is 2.20. The number of benzene rings is 1. The van der Waals surface area contributed by atoms with Gasteiger partial charge in [0.15, 0.2) is 0 Å². The van der Waals surface area contributed by atoms with Crippen molar-refractivity contribution < 1.29 is 9.52 Å². The summed E-state index contributed by atoms with van der Waals surface area (Å²) in [6.07, 6.45) is 2.43. The fourth-order valence-corrected chi connectivity index (χ4v) is 3.24. The van der Waals surface area contributed by atoms with Crippen LogP contribution >= 0.6 is 0 Å². The molecule has 0 saturated carbocycles. The minimum atomic E-state index is -0.362. The number of hydrogen-bond donors (Lipinski definition) is 1. The van der Waals surface area contributed by atoms with Gasteiger partial charge >= 0.3 is 5.63 Å². The molecule has 2 heterocycles. The number of aromatic hydroxyl groups is 1. The van der Waals surface area contributed by atoms with E-state index < -0.39 is 0 Å². The van der Waals surface area contributed by atoms with E-state index in [0.717, 1.165) is 29.6 Å². The highest BCUT2D eigenvalue weighted by molar-refractivity contribution is 5.84. The van der Waals surface area contributed by atoms with E-state index in [4.69, 9.17) is 4.42 Å². The predicted octanol–water partition coefficient (Wildman–Crippen LogP) is 3.04. The lowest BCUT2D eigenvalue weighted by Gasteiger charge is -2.31. The predicted molar refractivity (Wildman–Crippen MR) is 82.6 cm³/mol. The minimum Gasteiger partial charge on any atom is -0.507 e. The average molecular weight is 287 g/mol. The molecule has 4 heteroatoms. The van der Waals surface area contributed by atoms with Gasteiger partial charge in [-0.05, 0) is 49.9 Å². The van der Waals surface area contributed by atoms with Crippen molar-refractivity contribution in [2.45, 2.75) is 33.2 Å². The maximum absolute atomic E-state index is 11.7. The summed E-state index contributed by atoms with van der Waals surface area (Å²) < 4.78 is 5.38. The molecule has 0 aliphatic carbocycles. The van der Waals surface area contributed by atoms with Gasteiger partial charge in [0.1, 0.15) is 11.3 Å². The molecule has 112 valence electrons. The summed E-state index contributed by atoms with van der Waals surface area (Å²) in [6.45, 7) is 6.81. The van der Waals surface area contributed by atoms with Gasteiger partial charge in [0.25, 0.3) is 0 Å². The Morgan fingerprint density at radius 3 is 3.00 bits per heavy atom. The van der Waals surface area contributed by atoms with Crippen molar-refractivity contribution in [2.75, 3.05) is 13.1 Å². The second-order valence-electron chi connectivity index (χ2n) is 6.17. The van der Waals surface area contributed by atoms with Crippen molar-refractivity contribution in [3.8, 4) is 5.75 Å². The summed E-state index contributed by atoms with van der Waals surface area (Å²) in [5.74, 6) is 0.874. The summed E-state index contributed by atoms with van der Waals surface area (Å²) >= 11 is 0. The highest BCUT2D eigenvalue weighted by Crippen LogP contribution is 2.30. The van der Waals surface area contributed by atoms with Crippen LogP contribution in [0.5, 0.6) is 5.75 Å². The molecule has 0 spiro atoms. The van der Waals surface area contributed by atoms with Crippen LogP contribution in [-0.2, 0) is 6.54 Å². The van der Waals surface area contributed by atoms with E-state index in [1.807, 2.05) is 13.0 Å². The first-order chi connectivity index (χ1) is 10.0. The number of hydrogen-bond acceptors (Lipinski definition) is 4. The fourth-order valence-electron chi connectivity index (χ4n) is 3.24. The first-order valence-corrected chi connectivity index (χ1v) is 7.52. The molecule has 0 radical (unpaired) electrons. The number of nitrogens with zero attached hydrogens (tertiary/aromatic N) is 1. The van der Waals surface area contributed by atoms with Gasteiger partial charge in [-0.25, -0.2) is 4.79 Å². The lowest BCUT2D eigenvalue weighted by Crippen LogP contribution is -2.33. The molecular formula is C17H21NO3. The van der Waals surface area contributed by atoms with Crippen molar-refractivity contribution in [1.29, 1.82) is 0 Å². The SMILES string of the molecule is Cc1cc(=O)oc2c(CN3CCC[C@@H](C)C3)c(O)ccc12. The third-order valence-corrected chi connectivity index (χ3v) is 4.32. The number of fused-ring (bicyclic) bond motifs is 1. The summed E-state index contributed by atoms with van der Waals surface area (Å²) in [5.41, 5.74) is 1.77. The van der Waals surface area contributed by atoms with Crippen LogP contribution in [-0.4, -0.2) is 23.1 Å². The Morgan fingerprint density at radius 2 is 2.24 bits per heavy atom. The molecule has 1 aromatic heterocycles. The quantitative estimate of drug-likeness (QED) is 0.863.